The molecule has 148 valence electrons. The van der Waals surface area contributed by atoms with Crippen LogP contribution in [-0.2, 0) is 0 Å². The van der Waals surface area contributed by atoms with Crippen LogP contribution in [0.15, 0.2) is 60.9 Å². The van der Waals surface area contributed by atoms with Gasteiger partial charge in [-0.1, -0.05) is 35.9 Å². The number of carbonyl (C=O) groups is 1. The summed E-state index contributed by atoms with van der Waals surface area (Å²) in [6.07, 6.45) is 1.47. The van der Waals surface area contributed by atoms with Crippen LogP contribution in [0.5, 0.6) is 0 Å². The van der Waals surface area contributed by atoms with Crippen LogP contribution in [0.3, 0.4) is 0 Å². The van der Waals surface area contributed by atoms with Gasteiger partial charge in [0.05, 0.1) is 0 Å². The molecule has 1 aliphatic heterocycles. The van der Waals surface area contributed by atoms with Crippen molar-refractivity contribution in [2.24, 2.45) is 0 Å². The molecule has 6 nitrogen and oxygen atoms in total. The van der Waals surface area contributed by atoms with Crippen LogP contribution < -0.4 is 15.1 Å². The molecule has 1 saturated heterocycles. The highest BCUT2D eigenvalue weighted by atomic mass is 16.1. The lowest BCUT2D eigenvalue weighted by Gasteiger charge is -2.36. The van der Waals surface area contributed by atoms with Crippen molar-refractivity contribution in [1.29, 1.82) is 0 Å². The van der Waals surface area contributed by atoms with Gasteiger partial charge in [-0.2, -0.15) is 0 Å². The Hall–Kier alpha value is -3.41. The molecule has 0 saturated carbocycles. The zero-order chi connectivity index (χ0) is 20.2. The molecule has 3 aromatic rings. The Labute approximate surface area is 171 Å². The summed E-state index contributed by atoms with van der Waals surface area (Å²) in [5.74, 6) is 0.571. The number of piperazine rings is 1. The maximum Gasteiger partial charge on any atom is 0.274 e. The molecule has 1 aliphatic rings. The third kappa shape index (κ3) is 4.37. The molecule has 0 bridgehead atoms. The van der Waals surface area contributed by atoms with Crippen molar-refractivity contribution in [3.63, 3.8) is 0 Å². The van der Waals surface area contributed by atoms with E-state index in [2.05, 4.69) is 49.4 Å². The van der Waals surface area contributed by atoms with Crippen LogP contribution in [0.4, 0.5) is 17.2 Å². The van der Waals surface area contributed by atoms with Crippen molar-refractivity contribution in [2.75, 3.05) is 41.3 Å². The number of nitrogens with zero attached hydrogens (tertiary/aromatic N) is 4. The number of rotatable bonds is 4. The fraction of sp³-hybridized carbons (Fsp3) is 0.261. The van der Waals surface area contributed by atoms with Gasteiger partial charge in [0.2, 0.25) is 0 Å². The summed E-state index contributed by atoms with van der Waals surface area (Å²) in [7, 11) is 0. The molecular weight excluding hydrogens is 362 g/mol. The summed E-state index contributed by atoms with van der Waals surface area (Å²) in [5.41, 5.74) is 4.62. The zero-order valence-corrected chi connectivity index (χ0v) is 16.8. The predicted octanol–water partition coefficient (Wildman–Crippen LogP) is 3.67. The highest BCUT2D eigenvalue weighted by molar-refractivity contribution is 6.03. The molecule has 0 aliphatic carbocycles. The molecule has 0 unspecified atom stereocenters. The number of amides is 1. The van der Waals surface area contributed by atoms with E-state index in [9.17, 15) is 4.79 Å². The lowest BCUT2D eigenvalue weighted by Crippen LogP contribution is -2.46. The Morgan fingerprint density at radius 2 is 1.62 bits per heavy atom. The minimum Gasteiger partial charge on any atom is -0.368 e. The molecular formula is C23H25N5O. The number of aryl methyl sites for hydroxylation is 2. The highest BCUT2D eigenvalue weighted by Crippen LogP contribution is 2.20. The van der Waals surface area contributed by atoms with Gasteiger partial charge in [0.1, 0.15) is 17.8 Å². The second-order valence-electron chi connectivity index (χ2n) is 7.34. The van der Waals surface area contributed by atoms with Gasteiger partial charge in [-0.15, -0.1) is 0 Å². The van der Waals surface area contributed by atoms with Gasteiger partial charge in [-0.3, -0.25) is 4.79 Å². The number of hydrogen-bond donors (Lipinski definition) is 1. The minimum absolute atomic E-state index is 0.219. The first kappa shape index (κ1) is 18.9. The summed E-state index contributed by atoms with van der Waals surface area (Å²) in [4.78, 5) is 25.8. The van der Waals surface area contributed by atoms with Gasteiger partial charge in [-0.05, 0) is 37.6 Å². The van der Waals surface area contributed by atoms with E-state index in [0.29, 0.717) is 5.69 Å². The first-order valence-corrected chi connectivity index (χ1v) is 9.86. The van der Waals surface area contributed by atoms with E-state index in [1.165, 1.54) is 17.6 Å². The van der Waals surface area contributed by atoms with Gasteiger partial charge in [0.15, 0.2) is 0 Å². The maximum atomic E-state index is 12.7. The van der Waals surface area contributed by atoms with Gasteiger partial charge in [0.25, 0.3) is 5.91 Å². The zero-order valence-electron chi connectivity index (χ0n) is 16.8. The standard InChI is InChI=1S/C23H25N5O/c1-17-8-9-20(18(2)14-17)26-23(29)21-15-22(25-16-24-21)28-12-10-27(11-13-28)19-6-4-3-5-7-19/h3-9,14-16H,10-13H2,1-2H3,(H,26,29). The number of aromatic nitrogens is 2. The van der Waals surface area contributed by atoms with Gasteiger partial charge < -0.3 is 15.1 Å². The molecule has 6 heteroatoms. The topological polar surface area (TPSA) is 61.4 Å². The molecule has 1 aromatic heterocycles. The fourth-order valence-corrected chi connectivity index (χ4v) is 3.62. The van der Waals surface area contributed by atoms with E-state index >= 15 is 0 Å². The van der Waals surface area contributed by atoms with Crippen LogP contribution in [0.2, 0.25) is 0 Å². The second kappa shape index (κ2) is 8.31. The Kier molecular flexibility index (Phi) is 5.42. The van der Waals surface area contributed by atoms with Crippen LogP contribution >= 0.6 is 0 Å². The van der Waals surface area contributed by atoms with Gasteiger partial charge >= 0.3 is 0 Å². The fourth-order valence-electron chi connectivity index (χ4n) is 3.62. The van der Waals surface area contributed by atoms with Crippen molar-refractivity contribution >= 4 is 23.1 Å². The van der Waals surface area contributed by atoms with Crippen LogP contribution in [0, 0.1) is 13.8 Å². The summed E-state index contributed by atoms with van der Waals surface area (Å²) in [6, 6.07) is 18.2. The van der Waals surface area contributed by atoms with Gasteiger partial charge in [-0.25, -0.2) is 9.97 Å². The molecule has 29 heavy (non-hydrogen) atoms. The number of carbonyl (C=O) groups excluding carboxylic acids is 1. The van der Waals surface area contributed by atoms with Crippen molar-refractivity contribution in [3.05, 3.63) is 77.7 Å². The van der Waals surface area contributed by atoms with E-state index in [1.54, 1.807) is 6.07 Å². The second-order valence-corrected chi connectivity index (χ2v) is 7.34. The number of anilines is 3. The van der Waals surface area contributed by atoms with Crippen LogP contribution in [0.25, 0.3) is 0 Å². The Bertz CT molecular complexity index is 997. The third-order valence-corrected chi connectivity index (χ3v) is 5.24. The molecule has 0 radical (unpaired) electrons. The largest absolute Gasteiger partial charge is 0.368 e. The lowest BCUT2D eigenvalue weighted by atomic mass is 10.1. The van der Waals surface area contributed by atoms with E-state index < -0.39 is 0 Å². The molecule has 0 atom stereocenters. The Balaban J connectivity index is 1.43. The van der Waals surface area contributed by atoms with E-state index in [0.717, 1.165) is 43.2 Å². The smallest absolute Gasteiger partial charge is 0.274 e. The summed E-state index contributed by atoms with van der Waals surface area (Å²) in [6.45, 7) is 7.55. The van der Waals surface area contributed by atoms with Crippen molar-refractivity contribution in [1.82, 2.24) is 9.97 Å². The lowest BCUT2D eigenvalue weighted by molar-refractivity contribution is 0.102. The summed E-state index contributed by atoms with van der Waals surface area (Å²) in [5, 5.41) is 2.96. The van der Waals surface area contributed by atoms with Gasteiger partial charge in [0, 0.05) is 43.6 Å². The monoisotopic (exact) mass is 387 g/mol. The first-order valence-electron chi connectivity index (χ1n) is 9.86. The number of benzene rings is 2. The highest BCUT2D eigenvalue weighted by Gasteiger charge is 2.20. The maximum absolute atomic E-state index is 12.7. The number of nitrogens with one attached hydrogen (secondary N) is 1. The average molecular weight is 387 g/mol. The Morgan fingerprint density at radius 3 is 2.34 bits per heavy atom. The third-order valence-electron chi connectivity index (χ3n) is 5.24. The SMILES string of the molecule is Cc1ccc(NC(=O)c2cc(N3CCN(c4ccccc4)CC3)ncn2)c(C)c1. The molecule has 1 amide bonds. The van der Waals surface area contributed by atoms with Crippen LogP contribution in [0.1, 0.15) is 21.6 Å². The molecule has 0 spiro atoms. The first-order chi connectivity index (χ1) is 14.1. The van der Waals surface area contributed by atoms with E-state index in [-0.39, 0.29) is 5.91 Å². The molecule has 2 heterocycles. The molecule has 2 aromatic carbocycles. The van der Waals surface area contributed by atoms with Crippen molar-refractivity contribution < 1.29 is 4.79 Å². The minimum atomic E-state index is -0.219. The van der Waals surface area contributed by atoms with E-state index in [4.69, 9.17) is 0 Å². The predicted molar refractivity (Wildman–Crippen MR) is 117 cm³/mol. The summed E-state index contributed by atoms with van der Waals surface area (Å²) < 4.78 is 0. The molecule has 1 N–H and O–H groups in total. The average Bonchev–Trinajstić information content (AvgIpc) is 2.76. The van der Waals surface area contributed by atoms with Crippen molar-refractivity contribution in [2.45, 2.75) is 13.8 Å². The number of para-hydroxylation sites is 1. The Morgan fingerprint density at radius 1 is 0.897 bits per heavy atom. The number of hydrogen-bond acceptors (Lipinski definition) is 5. The summed E-state index contributed by atoms with van der Waals surface area (Å²) >= 11 is 0. The van der Waals surface area contributed by atoms with Crippen LogP contribution in [-0.4, -0.2) is 42.1 Å². The molecule has 1 fully saturated rings. The quantitative estimate of drug-likeness (QED) is 0.740. The normalized spacial score (nSPS) is 14.0. The van der Waals surface area contributed by atoms with E-state index in [1.807, 2.05) is 38.1 Å². The molecule has 4 rings (SSSR count). The van der Waals surface area contributed by atoms with Crippen molar-refractivity contribution in [3.8, 4) is 0 Å².